The zero-order valence-electron chi connectivity index (χ0n) is 19.8. The molecule has 0 unspecified atom stereocenters. The number of halogens is 1. The number of ether oxygens (including phenoxy) is 1. The first-order valence-corrected chi connectivity index (χ1v) is 13.3. The molecule has 5 nitrogen and oxygen atoms in total. The summed E-state index contributed by atoms with van der Waals surface area (Å²) < 4.78 is 7.08. The van der Waals surface area contributed by atoms with Crippen molar-refractivity contribution in [3.63, 3.8) is 0 Å². The Labute approximate surface area is 202 Å². The normalized spacial score (nSPS) is 22.8. The third-order valence-corrected chi connectivity index (χ3v) is 7.82. The van der Waals surface area contributed by atoms with Gasteiger partial charge in [-0.25, -0.2) is 0 Å². The number of hydrogen-bond acceptors (Lipinski definition) is 4. The summed E-state index contributed by atoms with van der Waals surface area (Å²) >= 11 is 3.73. The van der Waals surface area contributed by atoms with Crippen LogP contribution in [0.25, 0.3) is 0 Å². The molecule has 1 aromatic rings. The highest BCUT2D eigenvalue weighted by Gasteiger charge is 2.23. The molecule has 3 rings (SSSR count). The van der Waals surface area contributed by atoms with E-state index in [0.717, 1.165) is 36.8 Å². The lowest BCUT2D eigenvalue weighted by molar-refractivity contribution is -0.124. The van der Waals surface area contributed by atoms with Crippen molar-refractivity contribution >= 4 is 21.8 Å². The number of carbonyl (C=O) groups is 1. The van der Waals surface area contributed by atoms with Gasteiger partial charge in [0.15, 0.2) is 0 Å². The molecule has 2 fully saturated rings. The zero-order valence-corrected chi connectivity index (χ0v) is 21.4. The smallest absolute Gasteiger partial charge is 0.245 e. The topological polar surface area (TPSA) is 61.8 Å². The summed E-state index contributed by atoms with van der Waals surface area (Å²) in [5.74, 6) is 2.29. The molecule has 180 valence electrons. The number of nitrogens with zero attached hydrogens (tertiary/aromatic N) is 1. The number of amides is 1. The molecule has 1 amide bonds. The minimum Gasteiger partial charge on any atom is -0.491 e. The molecule has 0 atom stereocenters. The van der Waals surface area contributed by atoms with Gasteiger partial charge in [-0.1, -0.05) is 15.9 Å². The van der Waals surface area contributed by atoms with Gasteiger partial charge >= 0.3 is 0 Å². The van der Waals surface area contributed by atoms with Crippen LogP contribution in [0.1, 0.15) is 70.8 Å². The fourth-order valence-corrected chi connectivity index (χ4v) is 5.66. The monoisotopic (exact) mass is 508 g/mol. The second kappa shape index (κ2) is 13.0. The van der Waals surface area contributed by atoms with Crippen molar-refractivity contribution < 1.29 is 14.6 Å². The predicted molar refractivity (Wildman–Crippen MR) is 133 cm³/mol. The van der Waals surface area contributed by atoms with Crippen molar-refractivity contribution in [2.45, 2.75) is 83.8 Å². The van der Waals surface area contributed by atoms with E-state index in [-0.39, 0.29) is 18.1 Å². The van der Waals surface area contributed by atoms with E-state index in [0.29, 0.717) is 0 Å². The Morgan fingerprint density at radius 2 is 1.88 bits per heavy atom. The lowest BCUT2D eigenvalue weighted by Crippen LogP contribution is -2.39. The fraction of sp³-hybridized carbons (Fsp3) is 0.731. The molecule has 1 aliphatic carbocycles. The molecule has 1 saturated heterocycles. The van der Waals surface area contributed by atoms with Crippen molar-refractivity contribution in [1.29, 1.82) is 0 Å². The highest BCUT2D eigenvalue weighted by atomic mass is 79.9. The third-order valence-electron chi connectivity index (χ3n) is 7.05. The molecule has 2 aliphatic rings. The van der Waals surface area contributed by atoms with Crippen LogP contribution in [0.15, 0.2) is 22.7 Å². The summed E-state index contributed by atoms with van der Waals surface area (Å²) in [5.41, 5.74) is 1.37. The number of piperidine rings is 1. The van der Waals surface area contributed by atoms with Gasteiger partial charge < -0.3 is 20.1 Å². The second-order valence-corrected chi connectivity index (χ2v) is 10.8. The second-order valence-electron chi connectivity index (χ2n) is 9.99. The van der Waals surface area contributed by atoms with Crippen LogP contribution < -0.4 is 10.1 Å². The van der Waals surface area contributed by atoms with Crippen LogP contribution in [0.3, 0.4) is 0 Å². The molecule has 1 saturated carbocycles. The molecule has 0 spiro atoms. The molecule has 2 N–H and O–H groups in total. The maximum Gasteiger partial charge on any atom is 0.245 e. The van der Waals surface area contributed by atoms with E-state index in [2.05, 4.69) is 52.1 Å². The van der Waals surface area contributed by atoms with E-state index in [4.69, 9.17) is 9.84 Å². The fourth-order valence-electron chi connectivity index (χ4n) is 5.25. The largest absolute Gasteiger partial charge is 0.491 e. The third kappa shape index (κ3) is 8.35. The van der Waals surface area contributed by atoms with Gasteiger partial charge in [0.25, 0.3) is 0 Å². The molecule has 6 heteroatoms. The number of likely N-dealkylation sites (tertiary alicyclic amines) is 1. The SMILES string of the molecule is CC(C)Oc1ccc(Br)c(CC2CCN(CCCC3CCC(NC(=O)CO)CC3)CC2)c1. The number of rotatable bonds is 10. The van der Waals surface area contributed by atoms with Gasteiger partial charge in [-0.05, 0) is 127 Å². The van der Waals surface area contributed by atoms with Crippen molar-refractivity contribution in [2.24, 2.45) is 11.8 Å². The Kier molecular flexibility index (Phi) is 10.3. The number of benzene rings is 1. The Balaban J connectivity index is 1.32. The lowest BCUT2D eigenvalue weighted by Gasteiger charge is -2.33. The summed E-state index contributed by atoms with van der Waals surface area (Å²) in [4.78, 5) is 14.0. The van der Waals surface area contributed by atoms with Crippen molar-refractivity contribution in [1.82, 2.24) is 10.2 Å². The first-order chi connectivity index (χ1) is 15.4. The van der Waals surface area contributed by atoms with Gasteiger partial charge in [-0.3, -0.25) is 4.79 Å². The summed E-state index contributed by atoms with van der Waals surface area (Å²) in [6.07, 6.45) is 11.0. The quantitative estimate of drug-likeness (QED) is 0.469. The highest BCUT2D eigenvalue weighted by Crippen LogP contribution is 2.30. The van der Waals surface area contributed by atoms with E-state index in [1.165, 1.54) is 68.2 Å². The first kappa shape index (κ1) is 25.5. The molecule has 0 aromatic heterocycles. The van der Waals surface area contributed by atoms with Crippen molar-refractivity contribution in [2.75, 3.05) is 26.2 Å². The average Bonchev–Trinajstić information content (AvgIpc) is 2.78. The summed E-state index contributed by atoms with van der Waals surface area (Å²) in [5, 5.41) is 11.8. The van der Waals surface area contributed by atoms with Gasteiger partial charge in [0.2, 0.25) is 5.91 Å². The molecule has 32 heavy (non-hydrogen) atoms. The van der Waals surface area contributed by atoms with Gasteiger partial charge in [0.1, 0.15) is 12.4 Å². The number of hydrogen-bond donors (Lipinski definition) is 2. The predicted octanol–water partition coefficient (Wildman–Crippen LogP) is 4.94. The minimum atomic E-state index is -0.396. The minimum absolute atomic E-state index is 0.203. The van der Waals surface area contributed by atoms with Crippen LogP contribution in [0, 0.1) is 11.8 Å². The van der Waals surface area contributed by atoms with E-state index in [1.54, 1.807) is 0 Å². The average molecular weight is 510 g/mol. The van der Waals surface area contributed by atoms with E-state index < -0.39 is 6.61 Å². The maximum atomic E-state index is 11.3. The van der Waals surface area contributed by atoms with Gasteiger partial charge in [0.05, 0.1) is 6.10 Å². The van der Waals surface area contributed by atoms with E-state index in [1.807, 2.05) is 6.07 Å². The van der Waals surface area contributed by atoms with E-state index in [9.17, 15) is 4.79 Å². The van der Waals surface area contributed by atoms with Crippen molar-refractivity contribution in [3.05, 3.63) is 28.2 Å². The maximum absolute atomic E-state index is 11.3. The Hall–Kier alpha value is -1.11. The number of nitrogens with one attached hydrogen (secondary N) is 1. The van der Waals surface area contributed by atoms with Crippen molar-refractivity contribution in [3.8, 4) is 5.75 Å². The number of carbonyl (C=O) groups excluding carboxylic acids is 1. The Morgan fingerprint density at radius 1 is 1.16 bits per heavy atom. The lowest BCUT2D eigenvalue weighted by atomic mass is 9.83. The standard InChI is InChI=1S/C26H41BrN2O3/c1-19(2)32-24-9-10-25(27)22(17-24)16-21-11-14-29(15-12-21)13-3-4-20-5-7-23(8-6-20)28-26(31)18-30/h9-10,17,19-21,23,30H,3-8,11-16,18H2,1-2H3,(H,28,31). The Bertz CT molecular complexity index is 711. The van der Waals surface area contributed by atoms with Crippen LogP contribution in [0.5, 0.6) is 5.75 Å². The summed E-state index contributed by atoms with van der Waals surface area (Å²) in [6, 6.07) is 6.65. The van der Waals surface area contributed by atoms with Gasteiger partial charge in [-0.15, -0.1) is 0 Å². The van der Waals surface area contributed by atoms with Gasteiger partial charge in [0, 0.05) is 10.5 Å². The van der Waals surface area contributed by atoms with E-state index >= 15 is 0 Å². The molecular weight excluding hydrogens is 468 g/mol. The van der Waals surface area contributed by atoms with Crippen LogP contribution >= 0.6 is 15.9 Å². The molecule has 0 radical (unpaired) electrons. The van der Waals surface area contributed by atoms with Crippen LogP contribution in [0.2, 0.25) is 0 Å². The number of aliphatic hydroxyl groups is 1. The van der Waals surface area contributed by atoms with Crippen LogP contribution in [-0.2, 0) is 11.2 Å². The van der Waals surface area contributed by atoms with Gasteiger partial charge in [-0.2, -0.15) is 0 Å². The molecule has 1 aliphatic heterocycles. The van der Waals surface area contributed by atoms with Crippen LogP contribution in [0.4, 0.5) is 0 Å². The molecule has 1 heterocycles. The highest BCUT2D eigenvalue weighted by molar-refractivity contribution is 9.10. The molecule has 0 bridgehead atoms. The Morgan fingerprint density at radius 3 is 2.53 bits per heavy atom. The molecular formula is C26H41BrN2O3. The van der Waals surface area contributed by atoms with Crippen LogP contribution in [-0.4, -0.2) is 54.3 Å². The number of aliphatic hydroxyl groups excluding tert-OH is 1. The first-order valence-electron chi connectivity index (χ1n) is 12.5. The summed E-state index contributed by atoms with van der Waals surface area (Å²) in [7, 11) is 0. The molecule has 1 aromatic carbocycles. The zero-order chi connectivity index (χ0) is 22.9. The summed E-state index contributed by atoms with van der Waals surface area (Å²) in [6.45, 7) is 7.39.